The van der Waals surface area contributed by atoms with Crippen LogP contribution in [0.3, 0.4) is 0 Å². The maximum absolute atomic E-state index is 10.7. The van der Waals surface area contributed by atoms with Gasteiger partial charge in [-0.3, -0.25) is 4.79 Å². The van der Waals surface area contributed by atoms with Crippen molar-refractivity contribution in [2.75, 3.05) is 0 Å². The first-order chi connectivity index (χ1) is 6.43. The highest BCUT2D eigenvalue weighted by atomic mass is 16.4. The Bertz CT molecular complexity index is 392. The topological polar surface area (TPSA) is 90.4 Å². The molecule has 14 heavy (non-hydrogen) atoms. The molecule has 0 aliphatic rings. The summed E-state index contributed by atoms with van der Waals surface area (Å²) in [6, 6.07) is 0. The Morgan fingerprint density at radius 2 is 1.79 bits per heavy atom. The van der Waals surface area contributed by atoms with E-state index in [0.717, 1.165) is 0 Å². The Labute approximate surface area is 80.4 Å². The van der Waals surface area contributed by atoms with Gasteiger partial charge in [-0.25, -0.2) is 4.79 Å². The Morgan fingerprint density at radius 1 is 1.21 bits per heavy atom. The van der Waals surface area contributed by atoms with E-state index in [1.165, 1.54) is 0 Å². The second-order valence-corrected chi connectivity index (χ2v) is 3.10. The summed E-state index contributed by atoms with van der Waals surface area (Å²) in [5, 5.41) is 17.3. The number of aliphatic carboxylic acids is 1. The summed E-state index contributed by atoms with van der Waals surface area (Å²) < 4.78 is 0. The average molecular weight is 197 g/mol. The number of aromatic carboxylic acids is 1. The predicted octanol–water partition coefficient (Wildman–Crippen LogP) is 0.957. The zero-order valence-electron chi connectivity index (χ0n) is 7.92. The quantitative estimate of drug-likeness (QED) is 0.673. The van der Waals surface area contributed by atoms with Crippen LogP contribution in [-0.2, 0) is 11.2 Å². The van der Waals surface area contributed by atoms with Crippen LogP contribution in [0.1, 0.15) is 27.3 Å². The SMILES string of the molecule is Cc1c(CC(=O)O)[nH]c(C(=O)O)c1C. The molecule has 0 unspecified atom stereocenters. The second-order valence-electron chi connectivity index (χ2n) is 3.10. The van der Waals surface area contributed by atoms with Crippen molar-refractivity contribution in [2.45, 2.75) is 20.3 Å². The van der Waals surface area contributed by atoms with Crippen molar-refractivity contribution in [2.24, 2.45) is 0 Å². The lowest BCUT2D eigenvalue weighted by molar-refractivity contribution is -0.136. The summed E-state index contributed by atoms with van der Waals surface area (Å²) in [7, 11) is 0. The Morgan fingerprint density at radius 3 is 2.14 bits per heavy atom. The van der Waals surface area contributed by atoms with E-state index in [9.17, 15) is 9.59 Å². The van der Waals surface area contributed by atoms with Gasteiger partial charge in [-0.2, -0.15) is 0 Å². The van der Waals surface area contributed by atoms with Crippen LogP contribution in [0.5, 0.6) is 0 Å². The Kier molecular flexibility index (Phi) is 2.60. The minimum Gasteiger partial charge on any atom is -0.481 e. The van der Waals surface area contributed by atoms with Crippen LogP contribution in [-0.4, -0.2) is 27.1 Å². The van der Waals surface area contributed by atoms with E-state index in [2.05, 4.69) is 4.98 Å². The zero-order valence-corrected chi connectivity index (χ0v) is 7.92. The smallest absolute Gasteiger partial charge is 0.352 e. The number of carboxylic acid groups (broad SMARTS) is 2. The summed E-state index contributed by atoms with van der Waals surface area (Å²) in [5.41, 5.74) is 1.81. The summed E-state index contributed by atoms with van der Waals surface area (Å²) in [6.07, 6.45) is -0.181. The van der Waals surface area contributed by atoms with Crippen molar-refractivity contribution in [1.29, 1.82) is 0 Å². The van der Waals surface area contributed by atoms with E-state index in [1.54, 1.807) is 13.8 Å². The van der Waals surface area contributed by atoms with Gasteiger partial charge in [0.1, 0.15) is 5.69 Å². The van der Waals surface area contributed by atoms with Gasteiger partial charge in [0.2, 0.25) is 0 Å². The summed E-state index contributed by atoms with van der Waals surface area (Å²) >= 11 is 0. The first-order valence-electron chi connectivity index (χ1n) is 4.06. The molecular formula is C9H11NO4. The van der Waals surface area contributed by atoms with Gasteiger partial charge in [-0.1, -0.05) is 0 Å². The van der Waals surface area contributed by atoms with Crippen LogP contribution in [0.25, 0.3) is 0 Å². The molecule has 0 aromatic carbocycles. The largest absolute Gasteiger partial charge is 0.481 e. The number of H-pyrrole nitrogens is 1. The van der Waals surface area contributed by atoms with Gasteiger partial charge in [0.15, 0.2) is 0 Å². The fraction of sp³-hybridized carbons (Fsp3) is 0.333. The highest BCUT2D eigenvalue weighted by Crippen LogP contribution is 2.17. The maximum atomic E-state index is 10.7. The van der Waals surface area contributed by atoms with E-state index in [0.29, 0.717) is 16.8 Å². The van der Waals surface area contributed by atoms with Crippen LogP contribution in [0.15, 0.2) is 0 Å². The molecular weight excluding hydrogens is 186 g/mol. The van der Waals surface area contributed by atoms with Gasteiger partial charge in [-0.05, 0) is 25.0 Å². The fourth-order valence-corrected chi connectivity index (χ4v) is 1.29. The highest BCUT2D eigenvalue weighted by Gasteiger charge is 2.16. The first-order valence-corrected chi connectivity index (χ1v) is 4.06. The Balaban J connectivity index is 3.15. The number of hydrogen-bond donors (Lipinski definition) is 3. The molecule has 0 spiro atoms. The van der Waals surface area contributed by atoms with Crippen molar-refractivity contribution >= 4 is 11.9 Å². The molecule has 0 aliphatic carbocycles. The first kappa shape index (κ1) is 10.3. The maximum Gasteiger partial charge on any atom is 0.352 e. The molecule has 1 heterocycles. The van der Waals surface area contributed by atoms with Gasteiger partial charge >= 0.3 is 11.9 Å². The van der Waals surface area contributed by atoms with Crippen molar-refractivity contribution in [3.05, 3.63) is 22.5 Å². The molecule has 0 saturated heterocycles. The van der Waals surface area contributed by atoms with Crippen molar-refractivity contribution in [3.8, 4) is 0 Å². The monoisotopic (exact) mass is 197 g/mol. The lowest BCUT2D eigenvalue weighted by Crippen LogP contribution is -2.03. The minimum atomic E-state index is -1.07. The summed E-state index contributed by atoms with van der Waals surface area (Å²) in [6.45, 7) is 3.36. The molecule has 1 rings (SSSR count). The number of aromatic nitrogens is 1. The zero-order chi connectivity index (χ0) is 10.9. The molecule has 3 N–H and O–H groups in total. The number of rotatable bonds is 3. The molecule has 0 fully saturated rings. The molecule has 0 atom stereocenters. The molecule has 5 nitrogen and oxygen atoms in total. The van der Waals surface area contributed by atoms with Crippen molar-refractivity contribution in [3.63, 3.8) is 0 Å². The van der Waals surface area contributed by atoms with E-state index in [-0.39, 0.29) is 12.1 Å². The number of nitrogens with one attached hydrogen (secondary N) is 1. The third-order valence-corrected chi connectivity index (χ3v) is 2.21. The number of aromatic amines is 1. The van der Waals surface area contributed by atoms with Gasteiger partial charge < -0.3 is 15.2 Å². The van der Waals surface area contributed by atoms with E-state index in [4.69, 9.17) is 10.2 Å². The van der Waals surface area contributed by atoms with Crippen LogP contribution in [0.4, 0.5) is 0 Å². The Hall–Kier alpha value is -1.78. The third kappa shape index (κ3) is 1.76. The summed E-state index contributed by atoms with van der Waals surface area (Å²) in [5.74, 6) is -2.05. The molecule has 0 bridgehead atoms. The molecule has 0 amide bonds. The second kappa shape index (κ2) is 3.53. The lowest BCUT2D eigenvalue weighted by Gasteiger charge is -1.94. The summed E-state index contributed by atoms with van der Waals surface area (Å²) in [4.78, 5) is 23.7. The van der Waals surface area contributed by atoms with Crippen molar-refractivity contribution in [1.82, 2.24) is 4.98 Å². The van der Waals surface area contributed by atoms with Gasteiger partial charge in [-0.15, -0.1) is 0 Å². The van der Waals surface area contributed by atoms with Crippen LogP contribution >= 0.6 is 0 Å². The van der Waals surface area contributed by atoms with E-state index < -0.39 is 11.9 Å². The molecule has 1 aromatic rings. The van der Waals surface area contributed by atoms with Crippen LogP contribution in [0, 0.1) is 13.8 Å². The third-order valence-electron chi connectivity index (χ3n) is 2.21. The predicted molar refractivity (Wildman–Crippen MR) is 48.6 cm³/mol. The van der Waals surface area contributed by atoms with E-state index >= 15 is 0 Å². The lowest BCUT2D eigenvalue weighted by atomic mass is 10.1. The highest BCUT2D eigenvalue weighted by molar-refractivity contribution is 5.88. The van der Waals surface area contributed by atoms with Crippen LogP contribution < -0.4 is 0 Å². The number of carboxylic acids is 2. The normalized spacial score (nSPS) is 10.1. The molecule has 0 radical (unpaired) electrons. The van der Waals surface area contributed by atoms with Gasteiger partial charge in [0.05, 0.1) is 6.42 Å². The number of hydrogen-bond acceptors (Lipinski definition) is 2. The minimum absolute atomic E-state index is 0.0683. The fourth-order valence-electron chi connectivity index (χ4n) is 1.29. The van der Waals surface area contributed by atoms with Gasteiger partial charge in [0.25, 0.3) is 0 Å². The average Bonchev–Trinajstić information content (AvgIpc) is 2.32. The molecule has 5 heteroatoms. The van der Waals surface area contributed by atoms with Crippen LogP contribution in [0.2, 0.25) is 0 Å². The molecule has 76 valence electrons. The molecule has 0 aliphatic heterocycles. The van der Waals surface area contributed by atoms with Gasteiger partial charge in [0, 0.05) is 5.69 Å². The standard InChI is InChI=1S/C9H11NO4/c1-4-5(2)8(9(13)14)10-6(4)3-7(11)12/h10H,3H2,1-2H3,(H,11,12)(H,13,14). The molecule has 0 saturated carbocycles. The van der Waals surface area contributed by atoms with E-state index in [1.807, 2.05) is 0 Å². The molecule has 1 aromatic heterocycles. The number of carbonyl (C=O) groups is 2. The van der Waals surface area contributed by atoms with Crippen molar-refractivity contribution < 1.29 is 19.8 Å².